The van der Waals surface area contributed by atoms with Crippen LogP contribution in [0.2, 0.25) is 0 Å². The van der Waals surface area contributed by atoms with E-state index in [0.29, 0.717) is 29.2 Å². The minimum atomic E-state index is -0.649. The fourth-order valence-electron chi connectivity index (χ4n) is 3.95. The standard InChI is InChI=1S/C27H26N4O4/c1-3-35-26(33)19-11-14-21-22(15-19)30-25(32)23(21)24(18-7-5-4-6-8-18)29-20-12-9-17(10-13-20)16-31(2)27(28)34/h4-15,23H,3,16H2,1-2H3,(H2,28,34)(H,30,32). The number of esters is 1. The summed E-state index contributed by atoms with van der Waals surface area (Å²) in [5.74, 6) is -1.31. The summed E-state index contributed by atoms with van der Waals surface area (Å²) in [5.41, 5.74) is 9.97. The summed E-state index contributed by atoms with van der Waals surface area (Å²) in [6.45, 7) is 2.40. The van der Waals surface area contributed by atoms with Crippen molar-refractivity contribution in [2.24, 2.45) is 10.7 Å². The van der Waals surface area contributed by atoms with Gasteiger partial charge >= 0.3 is 12.0 Å². The molecule has 1 aliphatic heterocycles. The molecule has 0 spiro atoms. The quantitative estimate of drug-likeness (QED) is 0.397. The lowest BCUT2D eigenvalue weighted by Gasteiger charge is -2.15. The molecule has 0 radical (unpaired) electrons. The third kappa shape index (κ3) is 5.22. The number of ether oxygens (including phenoxy) is 1. The van der Waals surface area contributed by atoms with Gasteiger partial charge in [0, 0.05) is 19.3 Å². The molecule has 3 aromatic carbocycles. The number of carbonyl (C=O) groups excluding carboxylic acids is 3. The molecule has 0 bridgehead atoms. The molecule has 1 atom stereocenters. The Morgan fingerprint density at radius 2 is 1.74 bits per heavy atom. The molecule has 1 heterocycles. The number of rotatable bonds is 7. The van der Waals surface area contributed by atoms with Gasteiger partial charge in [0.25, 0.3) is 0 Å². The van der Waals surface area contributed by atoms with Crippen molar-refractivity contribution in [3.8, 4) is 0 Å². The fourth-order valence-corrected chi connectivity index (χ4v) is 3.95. The number of hydrogen-bond donors (Lipinski definition) is 2. The number of carbonyl (C=O) groups is 3. The molecular weight excluding hydrogens is 444 g/mol. The molecule has 35 heavy (non-hydrogen) atoms. The van der Waals surface area contributed by atoms with Crippen molar-refractivity contribution in [2.45, 2.75) is 19.4 Å². The molecule has 8 heteroatoms. The largest absolute Gasteiger partial charge is 0.462 e. The summed E-state index contributed by atoms with van der Waals surface area (Å²) in [6.07, 6.45) is 0. The van der Waals surface area contributed by atoms with Crippen LogP contribution in [0.5, 0.6) is 0 Å². The van der Waals surface area contributed by atoms with Crippen LogP contribution in [0.3, 0.4) is 0 Å². The van der Waals surface area contributed by atoms with Gasteiger partial charge in [-0.25, -0.2) is 9.59 Å². The number of anilines is 1. The van der Waals surface area contributed by atoms with Gasteiger partial charge in [-0.3, -0.25) is 9.79 Å². The number of amides is 3. The molecule has 0 saturated carbocycles. The molecule has 1 unspecified atom stereocenters. The summed E-state index contributed by atoms with van der Waals surface area (Å²) in [7, 11) is 1.63. The minimum Gasteiger partial charge on any atom is -0.462 e. The minimum absolute atomic E-state index is 0.219. The van der Waals surface area contributed by atoms with Gasteiger partial charge in [0.05, 0.1) is 23.6 Å². The lowest BCUT2D eigenvalue weighted by molar-refractivity contribution is -0.115. The number of aliphatic imine (C=N–C) groups is 1. The summed E-state index contributed by atoms with van der Waals surface area (Å²) in [4.78, 5) is 42.9. The number of primary amides is 1. The van der Waals surface area contributed by atoms with Crippen LogP contribution in [0.15, 0.2) is 77.8 Å². The van der Waals surface area contributed by atoms with Gasteiger partial charge in [-0.1, -0.05) is 48.5 Å². The molecule has 4 rings (SSSR count). The highest BCUT2D eigenvalue weighted by molar-refractivity contribution is 6.24. The van der Waals surface area contributed by atoms with Gasteiger partial charge < -0.3 is 20.7 Å². The van der Waals surface area contributed by atoms with Crippen molar-refractivity contribution in [1.29, 1.82) is 0 Å². The van der Waals surface area contributed by atoms with Crippen LogP contribution in [0.4, 0.5) is 16.2 Å². The van der Waals surface area contributed by atoms with Crippen molar-refractivity contribution >= 4 is 35.0 Å². The smallest absolute Gasteiger partial charge is 0.338 e. The number of nitrogens with two attached hydrogens (primary N) is 1. The third-order valence-corrected chi connectivity index (χ3v) is 5.72. The number of urea groups is 1. The zero-order chi connectivity index (χ0) is 24.9. The summed E-state index contributed by atoms with van der Waals surface area (Å²) < 4.78 is 5.08. The molecule has 178 valence electrons. The van der Waals surface area contributed by atoms with Gasteiger partial charge in [0.15, 0.2) is 0 Å². The predicted octanol–water partition coefficient (Wildman–Crippen LogP) is 4.23. The first-order valence-corrected chi connectivity index (χ1v) is 11.2. The molecule has 0 saturated heterocycles. The van der Waals surface area contributed by atoms with Gasteiger partial charge in [0.2, 0.25) is 5.91 Å². The van der Waals surface area contributed by atoms with Crippen molar-refractivity contribution in [1.82, 2.24) is 4.90 Å². The SMILES string of the molecule is CCOC(=O)c1ccc2c(c1)NC(=O)C2C(=Nc1ccc(CN(C)C(N)=O)cc1)c1ccccc1. The maximum Gasteiger partial charge on any atom is 0.338 e. The van der Waals surface area contributed by atoms with Gasteiger partial charge in [-0.2, -0.15) is 0 Å². The van der Waals surface area contributed by atoms with E-state index in [1.165, 1.54) is 4.90 Å². The number of nitrogens with one attached hydrogen (secondary N) is 1. The molecule has 1 aliphatic rings. The summed E-state index contributed by atoms with van der Waals surface area (Å²) in [5, 5.41) is 2.89. The van der Waals surface area contributed by atoms with Crippen molar-refractivity contribution in [2.75, 3.05) is 19.0 Å². The predicted molar refractivity (Wildman–Crippen MR) is 134 cm³/mol. The first-order valence-electron chi connectivity index (χ1n) is 11.2. The summed E-state index contributed by atoms with van der Waals surface area (Å²) in [6, 6.07) is 21.5. The molecule has 0 aliphatic carbocycles. The Balaban J connectivity index is 1.71. The highest BCUT2D eigenvalue weighted by Crippen LogP contribution is 2.37. The third-order valence-electron chi connectivity index (χ3n) is 5.72. The van der Waals surface area contributed by atoms with E-state index in [-0.39, 0.29) is 12.5 Å². The molecule has 3 aromatic rings. The zero-order valence-corrected chi connectivity index (χ0v) is 19.5. The molecule has 3 N–H and O–H groups in total. The van der Waals surface area contributed by atoms with Gasteiger partial charge in [-0.05, 0) is 47.9 Å². The number of fused-ring (bicyclic) bond motifs is 1. The maximum atomic E-state index is 13.1. The Hall–Kier alpha value is -4.46. The van der Waals surface area contributed by atoms with E-state index in [1.54, 1.807) is 32.2 Å². The Bertz CT molecular complexity index is 1290. The monoisotopic (exact) mass is 470 g/mol. The molecular formula is C27H26N4O4. The van der Waals surface area contributed by atoms with E-state index in [4.69, 9.17) is 15.5 Å². The van der Waals surface area contributed by atoms with E-state index < -0.39 is 17.9 Å². The maximum absolute atomic E-state index is 13.1. The first-order chi connectivity index (χ1) is 16.9. The second-order valence-corrected chi connectivity index (χ2v) is 8.17. The van der Waals surface area contributed by atoms with Crippen LogP contribution in [0, 0.1) is 0 Å². The molecule has 8 nitrogen and oxygen atoms in total. The van der Waals surface area contributed by atoms with Gasteiger partial charge in [0.1, 0.15) is 5.92 Å². The Kier molecular flexibility index (Phi) is 6.91. The zero-order valence-electron chi connectivity index (χ0n) is 19.5. The fraction of sp³-hybridized carbons (Fsp3) is 0.185. The lowest BCUT2D eigenvalue weighted by Crippen LogP contribution is -2.31. The van der Waals surface area contributed by atoms with Crippen LogP contribution in [0.25, 0.3) is 0 Å². The number of hydrogen-bond acceptors (Lipinski definition) is 5. The van der Waals surface area contributed by atoms with E-state index in [1.807, 2.05) is 54.6 Å². The Morgan fingerprint density at radius 1 is 1.03 bits per heavy atom. The first kappa shape index (κ1) is 23.7. The van der Waals surface area contributed by atoms with E-state index in [2.05, 4.69) is 5.32 Å². The van der Waals surface area contributed by atoms with Crippen molar-refractivity contribution in [3.63, 3.8) is 0 Å². The van der Waals surface area contributed by atoms with E-state index in [0.717, 1.165) is 16.7 Å². The van der Waals surface area contributed by atoms with Gasteiger partial charge in [-0.15, -0.1) is 0 Å². The average Bonchev–Trinajstić information content (AvgIpc) is 3.18. The molecule has 0 aromatic heterocycles. The van der Waals surface area contributed by atoms with Crippen LogP contribution < -0.4 is 11.1 Å². The van der Waals surface area contributed by atoms with Crippen LogP contribution in [-0.2, 0) is 16.1 Å². The van der Waals surface area contributed by atoms with Crippen LogP contribution in [0.1, 0.15) is 39.9 Å². The van der Waals surface area contributed by atoms with Crippen molar-refractivity contribution < 1.29 is 19.1 Å². The Morgan fingerprint density at radius 3 is 2.40 bits per heavy atom. The highest BCUT2D eigenvalue weighted by Gasteiger charge is 2.36. The number of benzene rings is 3. The normalized spacial score (nSPS) is 14.7. The highest BCUT2D eigenvalue weighted by atomic mass is 16.5. The van der Waals surface area contributed by atoms with E-state index >= 15 is 0 Å². The van der Waals surface area contributed by atoms with E-state index in [9.17, 15) is 14.4 Å². The number of nitrogens with zero attached hydrogens (tertiary/aromatic N) is 2. The second-order valence-electron chi connectivity index (χ2n) is 8.17. The topological polar surface area (TPSA) is 114 Å². The average molecular weight is 471 g/mol. The summed E-state index contributed by atoms with van der Waals surface area (Å²) >= 11 is 0. The lowest BCUT2D eigenvalue weighted by atomic mass is 9.90. The Labute approximate surface area is 203 Å². The molecule has 0 fully saturated rings. The van der Waals surface area contributed by atoms with Crippen LogP contribution in [-0.4, -0.2) is 42.2 Å². The molecule has 3 amide bonds. The van der Waals surface area contributed by atoms with Crippen molar-refractivity contribution in [3.05, 3.63) is 95.1 Å². The second kappa shape index (κ2) is 10.2. The van der Waals surface area contributed by atoms with Crippen LogP contribution >= 0.6 is 0 Å².